The molecule has 0 aliphatic rings. The van der Waals surface area contributed by atoms with Crippen LogP contribution in [0.2, 0.25) is 0 Å². The largest absolute Gasteiger partial charge is 0.338 e. The summed E-state index contributed by atoms with van der Waals surface area (Å²) in [6.07, 6.45) is 1.18. The summed E-state index contributed by atoms with van der Waals surface area (Å²) in [5, 5.41) is 0.308. The van der Waals surface area contributed by atoms with E-state index in [0.29, 0.717) is 11.6 Å². The fraction of sp³-hybridized carbons (Fsp3) is 0.429. The summed E-state index contributed by atoms with van der Waals surface area (Å²) in [5.41, 5.74) is 6.21. The Morgan fingerprint density at radius 1 is 1.50 bits per heavy atom. The second kappa shape index (κ2) is 2.91. The van der Waals surface area contributed by atoms with Gasteiger partial charge in [-0.1, -0.05) is 0 Å². The van der Waals surface area contributed by atoms with E-state index >= 15 is 0 Å². The van der Waals surface area contributed by atoms with Gasteiger partial charge in [-0.05, 0) is 12.1 Å². The van der Waals surface area contributed by atoms with Crippen LogP contribution in [-0.2, 0) is 23.4 Å². The highest BCUT2D eigenvalue weighted by atomic mass is 32.2. The summed E-state index contributed by atoms with van der Waals surface area (Å²) in [6.45, 7) is 0.353. The van der Waals surface area contributed by atoms with E-state index < -0.39 is 9.84 Å². The third kappa shape index (κ3) is 1.51. The van der Waals surface area contributed by atoms with Gasteiger partial charge in [-0.2, -0.15) is 0 Å². The van der Waals surface area contributed by atoms with Crippen molar-refractivity contribution in [3.63, 3.8) is 0 Å². The lowest BCUT2D eigenvalue weighted by Gasteiger charge is -2.03. The molecule has 0 aliphatic carbocycles. The standard InChI is InChI=1S/C7H12N2O2S/c1-9-6(5-8)3-4-7(9)12(2,10)11/h3-4H,5,8H2,1-2H3. The molecule has 4 nitrogen and oxygen atoms in total. The van der Waals surface area contributed by atoms with Gasteiger partial charge in [-0.3, -0.25) is 0 Å². The van der Waals surface area contributed by atoms with Crippen molar-refractivity contribution < 1.29 is 8.42 Å². The zero-order valence-corrected chi connectivity index (χ0v) is 7.93. The Bertz CT molecular complexity index is 378. The molecule has 1 rings (SSSR count). The molecular formula is C7H12N2O2S. The van der Waals surface area contributed by atoms with E-state index in [-0.39, 0.29) is 0 Å². The van der Waals surface area contributed by atoms with Gasteiger partial charge in [0.25, 0.3) is 0 Å². The number of hydrogen-bond acceptors (Lipinski definition) is 3. The van der Waals surface area contributed by atoms with Crippen LogP contribution < -0.4 is 5.73 Å². The molecule has 1 heterocycles. The molecule has 1 aromatic heterocycles. The van der Waals surface area contributed by atoms with Crippen molar-refractivity contribution in [3.05, 3.63) is 17.8 Å². The quantitative estimate of drug-likeness (QED) is 0.704. The summed E-state index contributed by atoms with van der Waals surface area (Å²) in [7, 11) is -1.42. The number of sulfone groups is 1. The maximum absolute atomic E-state index is 11.1. The Kier molecular flexibility index (Phi) is 2.25. The Hall–Kier alpha value is -0.810. The molecule has 0 atom stereocenters. The predicted octanol–water partition coefficient (Wildman–Crippen LogP) is -0.113. The first-order valence-corrected chi connectivity index (χ1v) is 5.40. The summed E-state index contributed by atoms with van der Waals surface area (Å²) < 4.78 is 23.8. The Balaban J connectivity index is 3.30. The molecule has 0 aliphatic heterocycles. The van der Waals surface area contributed by atoms with E-state index in [4.69, 9.17) is 5.73 Å². The van der Waals surface area contributed by atoms with Crippen LogP contribution in [0.3, 0.4) is 0 Å². The normalized spacial score (nSPS) is 11.9. The summed E-state index contributed by atoms with van der Waals surface area (Å²) in [5.74, 6) is 0. The van der Waals surface area contributed by atoms with Crippen LogP contribution in [0.25, 0.3) is 0 Å². The van der Waals surface area contributed by atoms with E-state index in [1.54, 1.807) is 23.7 Å². The molecule has 5 heteroatoms. The van der Waals surface area contributed by atoms with Crippen molar-refractivity contribution in [2.75, 3.05) is 6.26 Å². The highest BCUT2D eigenvalue weighted by Crippen LogP contribution is 2.11. The van der Waals surface area contributed by atoms with E-state index in [0.717, 1.165) is 5.69 Å². The number of hydrogen-bond donors (Lipinski definition) is 1. The van der Waals surface area contributed by atoms with Crippen molar-refractivity contribution in [1.82, 2.24) is 4.57 Å². The van der Waals surface area contributed by atoms with Gasteiger partial charge in [-0.15, -0.1) is 0 Å². The minimum atomic E-state index is -3.12. The molecule has 1 aromatic rings. The van der Waals surface area contributed by atoms with E-state index in [1.165, 1.54) is 6.26 Å². The number of nitrogens with two attached hydrogens (primary N) is 1. The van der Waals surface area contributed by atoms with Crippen molar-refractivity contribution in [1.29, 1.82) is 0 Å². The van der Waals surface area contributed by atoms with Crippen LogP contribution in [0.5, 0.6) is 0 Å². The first-order chi connectivity index (χ1) is 5.46. The third-order valence-corrected chi connectivity index (χ3v) is 2.94. The molecule has 0 saturated heterocycles. The topological polar surface area (TPSA) is 65.1 Å². The highest BCUT2D eigenvalue weighted by molar-refractivity contribution is 7.90. The lowest BCUT2D eigenvalue weighted by Crippen LogP contribution is -2.09. The fourth-order valence-electron chi connectivity index (χ4n) is 1.11. The van der Waals surface area contributed by atoms with Crippen LogP contribution in [0.4, 0.5) is 0 Å². The van der Waals surface area contributed by atoms with Gasteiger partial charge in [0.1, 0.15) is 5.03 Å². The molecule has 0 fully saturated rings. The molecule has 0 unspecified atom stereocenters. The first-order valence-electron chi connectivity index (χ1n) is 3.51. The van der Waals surface area contributed by atoms with Crippen molar-refractivity contribution in [2.24, 2.45) is 12.8 Å². The Labute approximate surface area is 71.9 Å². The molecule has 0 radical (unpaired) electrons. The van der Waals surface area contributed by atoms with Crippen LogP contribution in [-0.4, -0.2) is 19.2 Å². The zero-order valence-electron chi connectivity index (χ0n) is 7.11. The molecule has 2 N–H and O–H groups in total. The van der Waals surface area contributed by atoms with Crippen molar-refractivity contribution >= 4 is 9.84 Å². The lowest BCUT2D eigenvalue weighted by molar-refractivity contribution is 0.589. The van der Waals surface area contributed by atoms with Crippen molar-refractivity contribution in [3.8, 4) is 0 Å². The maximum atomic E-state index is 11.1. The number of rotatable bonds is 2. The highest BCUT2D eigenvalue weighted by Gasteiger charge is 2.12. The lowest BCUT2D eigenvalue weighted by atomic mass is 10.4. The van der Waals surface area contributed by atoms with Gasteiger partial charge in [0.2, 0.25) is 0 Å². The predicted molar refractivity (Wildman–Crippen MR) is 46.4 cm³/mol. The summed E-state index contributed by atoms with van der Waals surface area (Å²) >= 11 is 0. The monoisotopic (exact) mass is 188 g/mol. The van der Waals surface area contributed by atoms with Gasteiger partial charge in [0, 0.05) is 25.5 Å². The zero-order chi connectivity index (χ0) is 9.35. The molecular weight excluding hydrogens is 176 g/mol. The average Bonchev–Trinajstić information content (AvgIpc) is 2.29. The second-order valence-electron chi connectivity index (χ2n) is 2.70. The van der Waals surface area contributed by atoms with Crippen molar-refractivity contribution in [2.45, 2.75) is 11.6 Å². The molecule has 0 spiro atoms. The fourth-order valence-corrected chi connectivity index (χ4v) is 2.04. The van der Waals surface area contributed by atoms with Gasteiger partial charge >= 0.3 is 0 Å². The SMILES string of the molecule is Cn1c(CN)ccc1S(C)(=O)=O. The molecule has 0 aromatic carbocycles. The number of aromatic nitrogens is 1. The van der Waals surface area contributed by atoms with Gasteiger partial charge < -0.3 is 10.3 Å². The summed E-state index contributed by atoms with van der Waals surface area (Å²) in [4.78, 5) is 0. The average molecular weight is 188 g/mol. The molecule has 0 saturated carbocycles. The first kappa shape index (κ1) is 9.28. The second-order valence-corrected chi connectivity index (χ2v) is 4.66. The van der Waals surface area contributed by atoms with E-state index in [2.05, 4.69) is 0 Å². The third-order valence-electron chi connectivity index (χ3n) is 1.77. The molecule has 68 valence electrons. The van der Waals surface area contributed by atoms with Gasteiger partial charge in [0.15, 0.2) is 9.84 Å². The smallest absolute Gasteiger partial charge is 0.190 e. The molecule has 0 bridgehead atoms. The summed E-state index contributed by atoms with van der Waals surface area (Å²) in [6, 6.07) is 3.29. The van der Waals surface area contributed by atoms with Gasteiger partial charge in [0.05, 0.1) is 0 Å². The Morgan fingerprint density at radius 2 is 2.08 bits per heavy atom. The van der Waals surface area contributed by atoms with Crippen LogP contribution in [0.1, 0.15) is 5.69 Å². The van der Waals surface area contributed by atoms with Crippen LogP contribution >= 0.6 is 0 Å². The molecule has 0 amide bonds. The minimum absolute atomic E-state index is 0.308. The van der Waals surface area contributed by atoms with Gasteiger partial charge in [-0.25, -0.2) is 8.42 Å². The van der Waals surface area contributed by atoms with E-state index in [1.807, 2.05) is 0 Å². The minimum Gasteiger partial charge on any atom is -0.338 e. The molecule has 12 heavy (non-hydrogen) atoms. The number of nitrogens with zero attached hydrogens (tertiary/aromatic N) is 1. The Morgan fingerprint density at radius 3 is 2.33 bits per heavy atom. The maximum Gasteiger partial charge on any atom is 0.190 e. The van der Waals surface area contributed by atoms with Crippen LogP contribution in [0.15, 0.2) is 17.2 Å². The van der Waals surface area contributed by atoms with Crippen LogP contribution in [0, 0.1) is 0 Å². The van der Waals surface area contributed by atoms with E-state index in [9.17, 15) is 8.42 Å².